The highest BCUT2D eigenvalue weighted by Crippen LogP contribution is 2.11. The van der Waals surface area contributed by atoms with E-state index in [0.29, 0.717) is 5.75 Å². The quantitative estimate of drug-likeness (QED) is 0.792. The van der Waals surface area contributed by atoms with Gasteiger partial charge in [0.25, 0.3) is 5.91 Å². The van der Waals surface area contributed by atoms with Crippen LogP contribution in [-0.4, -0.2) is 47.6 Å². The molecule has 1 amide bonds. The molecule has 0 saturated carbocycles. The van der Waals surface area contributed by atoms with Gasteiger partial charge < -0.3 is 14.7 Å². The van der Waals surface area contributed by atoms with Crippen LogP contribution < -0.4 is 4.74 Å². The number of carboxylic acids is 1. The van der Waals surface area contributed by atoms with E-state index in [4.69, 9.17) is 9.84 Å². The van der Waals surface area contributed by atoms with Crippen LogP contribution in [0.25, 0.3) is 0 Å². The lowest BCUT2D eigenvalue weighted by molar-refractivity contribution is -0.139. The summed E-state index contributed by atoms with van der Waals surface area (Å²) in [6.45, 7) is -0.445. The smallest absolute Gasteiger partial charge is 0.341 e. The number of carbonyl (C=O) groups is 2. The number of carbonyl (C=O) groups excluding carboxylic acids is 1. The molecule has 1 N–H and O–H groups in total. The lowest BCUT2D eigenvalue weighted by atomic mass is 10.3. The molecule has 0 fully saturated rings. The van der Waals surface area contributed by atoms with Crippen molar-refractivity contribution in [3.05, 3.63) is 24.0 Å². The number of carboxylic acid groups (broad SMARTS) is 1. The maximum Gasteiger partial charge on any atom is 0.341 e. The molecule has 1 heterocycles. The molecule has 0 aliphatic heterocycles. The van der Waals surface area contributed by atoms with E-state index in [1.165, 1.54) is 23.2 Å². The Hall–Kier alpha value is -2.11. The first-order chi connectivity index (χ1) is 7.50. The number of aromatic nitrogens is 1. The summed E-state index contributed by atoms with van der Waals surface area (Å²) in [6, 6.07) is 2.90. The van der Waals surface area contributed by atoms with Gasteiger partial charge in [-0.05, 0) is 6.07 Å². The number of hydrogen-bond acceptors (Lipinski definition) is 4. The third-order valence-electron chi connectivity index (χ3n) is 1.72. The molecule has 6 heteroatoms. The average molecular weight is 224 g/mol. The van der Waals surface area contributed by atoms with Crippen LogP contribution in [0.15, 0.2) is 18.3 Å². The van der Waals surface area contributed by atoms with E-state index in [-0.39, 0.29) is 11.6 Å². The van der Waals surface area contributed by atoms with Crippen LogP contribution in [0.1, 0.15) is 10.5 Å². The van der Waals surface area contributed by atoms with Gasteiger partial charge in [0.15, 0.2) is 6.61 Å². The summed E-state index contributed by atoms with van der Waals surface area (Å²) < 4.78 is 4.93. The third-order valence-corrected chi connectivity index (χ3v) is 1.72. The Bertz CT molecular complexity index is 404. The Balaban J connectivity index is 2.78. The van der Waals surface area contributed by atoms with Crippen molar-refractivity contribution in [2.75, 3.05) is 20.7 Å². The number of nitrogens with zero attached hydrogens (tertiary/aromatic N) is 2. The molecular formula is C10H12N2O4. The molecule has 1 rings (SSSR count). The number of amides is 1. The molecule has 0 spiro atoms. The zero-order valence-electron chi connectivity index (χ0n) is 9.01. The minimum atomic E-state index is -1.07. The Morgan fingerprint density at radius 2 is 2.19 bits per heavy atom. The highest BCUT2D eigenvalue weighted by molar-refractivity contribution is 5.92. The van der Waals surface area contributed by atoms with Crippen molar-refractivity contribution in [3.8, 4) is 5.75 Å². The van der Waals surface area contributed by atoms with Gasteiger partial charge >= 0.3 is 5.97 Å². The number of ether oxygens (including phenoxy) is 1. The van der Waals surface area contributed by atoms with Crippen molar-refractivity contribution >= 4 is 11.9 Å². The molecular weight excluding hydrogens is 212 g/mol. The van der Waals surface area contributed by atoms with E-state index in [1.807, 2.05) is 0 Å². The first-order valence-electron chi connectivity index (χ1n) is 4.53. The Labute approximate surface area is 92.5 Å². The summed E-state index contributed by atoms with van der Waals surface area (Å²) in [5.74, 6) is -1.03. The lowest BCUT2D eigenvalue weighted by Crippen LogP contribution is -2.22. The van der Waals surface area contributed by atoms with Gasteiger partial charge in [0.05, 0.1) is 0 Å². The number of aliphatic carboxylic acids is 1. The predicted octanol–water partition coefficient (Wildman–Crippen LogP) is 0.247. The van der Waals surface area contributed by atoms with Crippen LogP contribution in [-0.2, 0) is 4.79 Å². The Kier molecular flexibility index (Phi) is 3.82. The molecule has 16 heavy (non-hydrogen) atoms. The highest BCUT2D eigenvalue weighted by atomic mass is 16.5. The number of rotatable bonds is 4. The van der Waals surface area contributed by atoms with Crippen molar-refractivity contribution in [2.45, 2.75) is 0 Å². The van der Waals surface area contributed by atoms with Gasteiger partial charge in [0, 0.05) is 26.4 Å². The van der Waals surface area contributed by atoms with Gasteiger partial charge in [0.2, 0.25) is 0 Å². The van der Waals surface area contributed by atoms with E-state index in [1.54, 1.807) is 14.1 Å². The van der Waals surface area contributed by atoms with Gasteiger partial charge in [-0.25, -0.2) is 4.79 Å². The van der Waals surface area contributed by atoms with Gasteiger partial charge in [0.1, 0.15) is 11.4 Å². The molecule has 0 unspecified atom stereocenters. The maximum absolute atomic E-state index is 11.5. The molecule has 0 bridgehead atoms. The first-order valence-corrected chi connectivity index (χ1v) is 4.53. The standard InChI is InChI=1S/C10H12N2O4/c1-12(2)10(15)8-5-7(3-4-11-8)16-6-9(13)14/h3-5H,6H2,1-2H3,(H,13,14). The molecule has 0 radical (unpaired) electrons. The van der Waals surface area contributed by atoms with Crippen LogP contribution in [0.3, 0.4) is 0 Å². The van der Waals surface area contributed by atoms with Gasteiger partial charge in [-0.3, -0.25) is 9.78 Å². The number of pyridine rings is 1. The van der Waals surface area contributed by atoms with E-state index in [2.05, 4.69) is 4.98 Å². The zero-order valence-corrected chi connectivity index (χ0v) is 9.01. The predicted molar refractivity (Wildman–Crippen MR) is 55.4 cm³/mol. The number of hydrogen-bond donors (Lipinski definition) is 1. The third kappa shape index (κ3) is 3.23. The minimum absolute atomic E-state index is 0.216. The largest absolute Gasteiger partial charge is 0.482 e. The van der Waals surface area contributed by atoms with Crippen LogP contribution in [0, 0.1) is 0 Å². The molecule has 0 aliphatic rings. The van der Waals surface area contributed by atoms with Crippen LogP contribution >= 0.6 is 0 Å². The van der Waals surface area contributed by atoms with E-state index in [0.717, 1.165) is 0 Å². The van der Waals surface area contributed by atoms with Crippen LogP contribution in [0.4, 0.5) is 0 Å². The molecule has 1 aromatic rings. The zero-order chi connectivity index (χ0) is 12.1. The molecule has 0 aromatic carbocycles. The summed E-state index contributed by atoms with van der Waals surface area (Å²) in [7, 11) is 3.21. The second-order valence-electron chi connectivity index (χ2n) is 3.26. The Morgan fingerprint density at radius 1 is 1.50 bits per heavy atom. The van der Waals surface area contributed by atoms with Gasteiger partial charge in [-0.2, -0.15) is 0 Å². The summed E-state index contributed by atoms with van der Waals surface area (Å²) in [5, 5.41) is 8.43. The van der Waals surface area contributed by atoms with E-state index in [9.17, 15) is 9.59 Å². The van der Waals surface area contributed by atoms with Crippen molar-refractivity contribution in [2.24, 2.45) is 0 Å². The monoisotopic (exact) mass is 224 g/mol. The van der Waals surface area contributed by atoms with Crippen LogP contribution in [0.2, 0.25) is 0 Å². The Morgan fingerprint density at radius 3 is 2.75 bits per heavy atom. The second-order valence-corrected chi connectivity index (χ2v) is 3.26. The fraction of sp³-hybridized carbons (Fsp3) is 0.300. The van der Waals surface area contributed by atoms with Gasteiger partial charge in [-0.15, -0.1) is 0 Å². The summed E-state index contributed by atoms with van der Waals surface area (Å²) in [5.41, 5.74) is 0.216. The first kappa shape index (κ1) is 12.0. The lowest BCUT2D eigenvalue weighted by Gasteiger charge is -2.10. The van der Waals surface area contributed by atoms with Gasteiger partial charge in [-0.1, -0.05) is 0 Å². The molecule has 1 aromatic heterocycles. The molecule has 6 nitrogen and oxygen atoms in total. The fourth-order valence-electron chi connectivity index (χ4n) is 0.992. The summed E-state index contributed by atoms with van der Waals surface area (Å²) >= 11 is 0. The molecule has 0 aliphatic carbocycles. The van der Waals surface area contributed by atoms with Crippen molar-refractivity contribution in [3.63, 3.8) is 0 Å². The highest BCUT2D eigenvalue weighted by Gasteiger charge is 2.10. The van der Waals surface area contributed by atoms with Crippen molar-refractivity contribution in [1.82, 2.24) is 9.88 Å². The maximum atomic E-state index is 11.5. The molecule has 0 saturated heterocycles. The average Bonchev–Trinajstić information content (AvgIpc) is 2.25. The second kappa shape index (κ2) is 5.11. The molecule has 0 atom stereocenters. The topological polar surface area (TPSA) is 79.7 Å². The normalized spacial score (nSPS) is 9.62. The summed E-state index contributed by atoms with van der Waals surface area (Å²) in [4.78, 5) is 27.1. The van der Waals surface area contributed by atoms with E-state index >= 15 is 0 Å². The molecule has 86 valence electrons. The SMILES string of the molecule is CN(C)C(=O)c1cc(OCC(=O)O)ccn1. The minimum Gasteiger partial charge on any atom is -0.482 e. The van der Waals surface area contributed by atoms with Crippen molar-refractivity contribution in [1.29, 1.82) is 0 Å². The van der Waals surface area contributed by atoms with Crippen LogP contribution in [0.5, 0.6) is 5.75 Å². The van der Waals surface area contributed by atoms with Crippen molar-refractivity contribution < 1.29 is 19.4 Å². The fourth-order valence-corrected chi connectivity index (χ4v) is 0.992. The summed E-state index contributed by atoms with van der Waals surface area (Å²) in [6.07, 6.45) is 1.40. The van der Waals surface area contributed by atoms with E-state index < -0.39 is 12.6 Å².